The van der Waals surface area contributed by atoms with E-state index < -0.39 is 10.8 Å². The van der Waals surface area contributed by atoms with Crippen LogP contribution in [-0.2, 0) is 10.8 Å². The third-order valence-electron chi connectivity index (χ3n) is 10.4. The molecule has 10 rings (SSSR count). The molecule has 44 heavy (non-hydrogen) atoms. The molecule has 1 heterocycles. The van der Waals surface area contributed by atoms with E-state index in [4.69, 9.17) is 4.98 Å². The summed E-state index contributed by atoms with van der Waals surface area (Å²) in [5.74, 6) is 0. The van der Waals surface area contributed by atoms with Crippen LogP contribution in [0.5, 0.6) is 0 Å². The van der Waals surface area contributed by atoms with Crippen LogP contribution in [0.25, 0.3) is 33.5 Å². The summed E-state index contributed by atoms with van der Waals surface area (Å²) in [6, 6.07) is 58.7. The minimum absolute atomic E-state index is 0.471. The zero-order valence-corrected chi connectivity index (χ0v) is 24.0. The van der Waals surface area contributed by atoms with Crippen LogP contribution in [0.2, 0.25) is 0 Å². The number of hydrogen-bond acceptors (Lipinski definition) is 1. The largest absolute Gasteiger partial charge is 0.256 e. The molecule has 3 aliphatic carbocycles. The fraction of sp³-hybridized carbons (Fsp3) is 0.0465. The number of pyridine rings is 1. The van der Waals surface area contributed by atoms with Crippen LogP contribution < -0.4 is 0 Å². The molecule has 0 saturated heterocycles. The summed E-state index contributed by atoms with van der Waals surface area (Å²) < 4.78 is 0. The van der Waals surface area contributed by atoms with Crippen molar-refractivity contribution in [2.75, 3.05) is 0 Å². The maximum atomic E-state index is 4.98. The van der Waals surface area contributed by atoms with Gasteiger partial charge < -0.3 is 0 Å². The van der Waals surface area contributed by atoms with E-state index >= 15 is 0 Å². The Balaban J connectivity index is 1.49. The highest BCUT2D eigenvalue weighted by molar-refractivity contribution is 5.95. The van der Waals surface area contributed by atoms with E-state index in [0.29, 0.717) is 0 Å². The van der Waals surface area contributed by atoms with Crippen molar-refractivity contribution in [1.29, 1.82) is 0 Å². The second-order valence-corrected chi connectivity index (χ2v) is 12.2. The van der Waals surface area contributed by atoms with Gasteiger partial charge in [-0.25, -0.2) is 0 Å². The molecule has 0 unspecified atom stereocenters. The van der Waals surface area contributed by atoms with Gasteiger partial charge in [0, 0.05) is 11.8 Å². The molecule has 0 amide bonds. The first-order chi connectivity index (χ1) is 21.9. The van der Waals surface area contributed by atoms with E-state index in [1.54, 1.807) is 0 Å². The summed E-state index contributed by atoms with van der Waals surface area (Å²) in [6.45, 7) is 0. The lowest BCUT2D eigenvalue weighted by molar-refractivity contribution is 0.634. The average molecular weight is 558 g/mol. The monoisotopic (exact) mass is 557 g/mol. The molecule has 1 aromatic heterocycles. The minimum Gasteiger partial charge on any atom is -0.256 e. The molecule has 0 aliphatic heterocycles. The van der Waals surface area contributed by atoms with Crippen molar-refractivity contribution in [2.24, 2.45) is 0 Å². The first kappa shape index (κ1) is 24.0. The molecule has 3 aliphatic rings. The number of nitrogens with zero attached hydrogens (tertiary/aromatic N) is 1. The summed E-state index contributed by atoms with van der Waals surface area (Å²) in [5, 5.41) is 0. The van der Waals surface area contributed by atoms with Crippen molar-refractivity contribution >= 4 is 0 Å². The number of rotatable bonds is 1. The lowest BCUT2D eigenvalue weighted by Crippen LogP contribution is -2.44. The van der Waals surface area contributed by atoms with Crippen LogP contribution in [0, 0.1) is 0 Å². The summed E-state index contributed by atoms with van der Waals surface area (Å²) in [5.41, 5.74) is 17.2. The van der Waals surface area contributed by atoms with E-state index in [-0.39, 0.29) is 0 Å². The normalized spacial score (nSPS) is 15.2. The quantitative estimate of drug-likeness (QED) is 0.196. The SMILES string of the molecule is c1ccc(-c2cccc3c2C2(c4ccccc4-c4ccccc42)c2ccccc2C32c3ccccc3-c3ccccc32)nc1. The van der Waals surface area contributed by atoms with E-state index in [0.717, 1.165) is 5.69 Å². The molecule has 204 valence electrons. The molecule has 0 saturated carbocycles. The zero-order valence-electron chi connectivity index (χ0n) is 24.0. The smallest absolute Gasteiger partial charge is 0.0726 e. The highest BCUT2D eigenvalue weighted by Crippen LogP contribution is 2.68. The molecule has 2 spiro atoms. The van der Waals surface area contributed by atoms with Crippen molar-refractivity contribution in [1.82, 2.24) is 4.98 Å². The van der Waals surface area contributed by atoms with Gasteiger partial charge in [0.05, 0.1) is 16.5 Å². The molecule has 0 atom stereocenters. The Kier molecular flexibility index (Phi) is 4.64. The van der Waals surface area contributed by atoms with Crippen LogP contribution in [0.1, 0.15) is 44.5 Å². The number of hydrogen-bond donors (Lipinski definition) is 0. The Morgan fingerprint density at radius 3 is 1.18 bits per heavy atom. The summed E-state index contributed by atoms with van der Waals surface area (Å²) in [7, 11) is 0. The van der Waals surface area contributed by atoms with E-state index in [1.807, 2.05) is 12.3 Å². The van der Waals surface area contributed by atoms with Gasteiger partial charge in [-0.05, 0) is 78.9 Å². The van der Waals surface area contributed by atoms with Gasteiger partial charge in [0.2, 0.25) is 0 Å². The van der Waals surface area contributed by atoms with Gasteiger partial charge in [-0.2, -0.15) is 0 Å². The number of aromatic nitrogens is 1. The highest BCUT2D eigenvalue weighted by Gasteiger charge is 2.59. The zero-order chi connectivity index (χ0) is 28.9. The van der Waals surface area contributed by atoms with Crippen LogP contribution in [0.3, 0.4) is 0 Å². The molecule has 0 bridgehead atoms. The molecule has 0 fully saturated rings. The average Bonchev–Trinajstić information content (AvgIpc) is 3.56. The third-order valence-corrected chi connectivity index (χ3v) is 10.4. The Morgan fingerprint density at radius 1 is 0.295 bits per heavy atom. The maximum Gasteiger partial charge on any atom is 0.0726 e. The highest BCUT2D eigenvalue weighted by atomic mass is 14.7. The first-order valence-electron chi connectivity index (χ1n) is 15.4. The van der Waals surface area contributed by atoms with Gasteiger partial charge in [-0.15, -0.1) is 0 Å². The summed E-state index contributed by atoms with van der Waals surface area (Å²) in [4.78, 5) is 4.98. The van der Waals surface area contributed by atoms with Crippen LogP contribution in [-0.4, -0.2) is 4.98 Å². The molecule has 1 nitrogen and oxygen atoms in total. The predicted octanol–water partition coefficient (Wildman–Crippen LogP) is 9.79. The number of fused-ring (bicyclic) bond motifs is 16. The molecule has 0 radical (unpaired) electrons. The van der Waals surface area contributed by atoms with Crippen molar-refractivity contribution < 1.29 is 0 Å². The second kappa shape index (κ2) is 8.52. The van der Waals surface area contributed by atoms with Gasteiger partial charge in [-0.1, -0.05) is 146 Å². The summed E-state index contributed by atoms with van der Waals surface area (Å²) in [6.07, 6.45) is 1.92. The van der Waals surface area contributed by atoms with Crippen molar-refractivity contribution in [3.63, 3.8) is 0 Å². The molecule has 1 heteroatoms. The third kappa shape index (κ3) is 2.65. The predicted molar refractivity (Wildman–Crippen MR) is 178 cm³/mol. The molecule has 6 aromatic carbocycles. The van der Waals surface area contributed by atoms with Crippen LogP contribution >= 0.6 is 0 Å². The maximum absolute atomic E-state index is 4.98. The van der Waals surface area contributed by atoms with Crippen molar-refractivity contribution in [3.05, 3.63) is 208 Å². The van der Waals surface area contributed by atoms with Gasteiger partial charge >= 0.3 is 0 Å². The Hall–Kier alpha value is -5.53. The topological polar surface area (TPSA) is 12.9 Å². The van der Waals surface area contributed by atoms with Crippen molar-refractivity contribution in [2.45, 2.75) is 10.8 Å². The fourth-order valence-corrected chi connectivity index (χ4v) is 9.03. The van der Waals surface area contributed by atoms with Gasteiger partial charge in [0.1, 0.15) is 0 Å². The van der Waals surface area contributed by atoms with Gasteiger partial charge in [0.25, 0.3) is 0 Å². The standard InChI is InChI=1S/C43H27N/c1-5-19-33-28(14-1)29-15-2-6-20-34(29)42(33)37-23-9-10-24-38(37)43(35-21-7-3-16-30(35)31-17-4-8-22-36(31)43)41-32(18-13-25-39(41)42)40-26-11-12-27-44-40/h1-27H. The molecule has 0 N–H and O–H groups in total. The number of benzene rings is 6. The van der Waals surface area contributed by atoms with E-state index in [9.17, 15) is 0 Å². The molecular formula is C43H27N. The lowest BCUT2D eigenvalue weighted by Gasteiger charge is -2.49. The first-order valence-corrected chi connectivity index (χ1v) is 15.4. The molecular weight excluding hydrogens is 530 g/mol. The Labute approximate surface area is 257 Å². The fourth-order valence-electron chi connectivity index (χ4n) is 9.03. The summed E-state index contributed by atoms with van der Waals surface area (Å²) >= 11 is 0. The minimum atomic E-state index is -0.509. The lowest BCUT2D eigenvalue weighted by atomic mass is 9.51. The second-order valence-electron chi connectivity index (χ2n) is 12.2. The van der Waals surface area contributed by atoms with Crippen LogP contribution in [0.15, 0.2) is 164 Å². The Morgan fingerprint density at radius 2 is 0.682 bits per heavy atom. The van der Waals surface area contributed by atoms with Crippen LogP contribution in [0.4, 0.5) is 0 Å². The van der Waals surface area contributed by atoms with Gasteiger partial charge in [-0.3, -0.25) is 4.98 Å². The Bertz CT molecular complexity index is 2200. The van der Waals surface area contributed by atoms with Gasteiger partial charge in [0.15, 0.2) is 0 Å². The van der Waals surface area contributed by atoms with E-state index in [1.165, 1.54) is 72.3 Å². The van der Waals surface area contributed by atoms with E-state index in [2.05, 4.69) is 152 Å². The van der Waals surface area contributed by atoms with Crippen molar-refractivity contribution in [3.8, 4) is 33.5 Å². The molecule has 7 aromatic rings.